The number of ether oxygens (including phenoxy) is 4. The van der Waals surface area contributed by atoms with Gasteiger partial charge in [0.1, 0.15) is 30.5 Å². The fourth-order valence-electron chi connectivity index (χ4n) is 4.71. The van der Waals surface area contributed by atoms with Gasteiger partial charge in [-0.3, -0.25) is 4.57 Å². The van der Waals surface area contributed by atoms with E-state index in [4.69, 9.17) is 40.3 Å². The molecule has 0 amide bonds. The van der Waals surface area contributed by atoms with Crippen molar-refractivity contribution < 1.29 is 37.7 Å². The summed E-state index contributed by atoms with van der Waals surface area (Å²) in [7, 11) is -4.37. The Balaban J connectivity index is 1.48. The summed E-state index contributed by atoms with van der Waals surface area (Å²) in [6.45, 7) is 5.22. The van der Waals surface area contributed by atoms with Crippen LogP contribution in [0.2, 0.25) is 5.28 Å². The van der Waals surface area contributed by atoms with Crippen molar-refractivity contribution >= 4 is 36.0 Å². The molecule has 0 radical (unpaired) electrons. The Bertz CT molecular complexity index is 1340. The van der Waals surface area contributed by atoms with Crippen molar-refractivity contribution in [2.24, 2.45) is 0 Å². The van der Waals surface area contributed by atoms with Crippen LogP contribution in [0.5, 0.6) is 0 Å². The quantitative estimate of drug-likeness (QED) is 0.276. The van der Waals surface area contributed by atoms with Crippen LogP contribution < -0.4 is 5.32 Å². The van der Waals surface area contributed by atoms with Crippen LogP contribution in [0.15, 0.2) is 36.5 Å². The van der Waals surface area contributed by atoms with E-state index in [-0.39, 0.29) is 34.8 Å². The maximum atomic E-state index is 15.4. The summed E-state index contributed by atoms with van der Waals surface area (Å²) in [6, 6.07) is 9.41. The molecule has 2 saturated heterocycles. The lowest BCUT2D eigenvalue weighted by Gasteiger charge is -2.25. The lowest BCUT2D eigenvalue weighted by molar-refractivity contribution is -0.201. The van der Waals surface area contributed by atoms with Gasteiger partial charge in [-0.05, 0) is 37.9 Å². The third kappa shape index (κ3) is 5.52. The summed E-state index contributed by atoms with van der Waals surface area (Å²) in [6.07, 6.45) is -2.46. The van der Waals surface area contributed by atoms with E-state index in [0.29, 0.717) is 0 Å². The van der Waals surface area contributed by atoms with Gasteiger partial charge >= 0.3 is 7.60 Å². The molecule has 0 bridgehead atoms. The minimum atomic E-state index is -4.37. The molecule has 3 N–H and O–H groups in total. The summed E-state index contributed by atoms with van der Waals surface area (Å²) in [5.41, 5.74) is 1.16. The third-order valence-corrected chi connectivity index (χ3v) is 6.88. The van der Waals surface area contributed by atoms with Crippen LogP contribution in [0.1, 0.15) is 38.6 Å². The van der Waals surface area contributed by atoms with Gasteiger partial charge in [0, 0.05) is 12.2 Å². The summed E-state index contributed by atoms with van der Waals surface area (Å²) in [5.74, 6) is -1.33. The molecular formula is C23H27ClFN4O7P. The Morgan fingerprint density at radius 1 is 1.24 bits per heavy atom. The summed E-state index contributed by atoms with van der Waals surface area (Å²) < 4.78 is 51.4. The van der Waals surface area contributed by atoms with Gasteiger partial charge in [0.15, 0.2) is 23.5 Å². The zero-order valence-electron chi connectivity index (χ0n) is 20.2. The first kappa shape index (κ1) is 26.5. The van der Waals surface area contributed by atoms with Gasteiger partial charge in [0.05, 0.1) is 12.0 Å². The van der Waals surface area contributed by atoms with Gasteiger partial charge in [-0.15, -0.1) is 0 Å². The van der Waals surface area contributed by atoms with Gasteiger partial charge in [-0.25, -0.2) is 4.39 Å². The van der Waals surface area contributed by atoms with Crippen LogP contribution in [0.4, 0.5) is 10.2 Å². The molecule has 200 valence electrons. The van der Waals surface area contributed by atoms with Gasteiger partial charge in [0.2, 0.25) is 5.28 Å². The molecule has 1 aromatic carbocycles. The molecule has 0 aliphatic carbocycles. The predicted octanol–water partition coefficient (Wildman–Crippen LogP) is 3.97. The van der Waals surface area contributed by atoms with Gasteiger partial charge in [-0.1, -0.05) is 30.3 Å². The van der Waals surface area contributed by atoms with Crippen LogP contribution in [0, 0.1) is 5.82 Å². The first-order valence-corrected chi connectivity index (χ1v) is 13.8. The van der Waals surface area contributed by atoms with E-state index in [1.165, 1.54) is 10.8 Å². The van der Waals surface area contributed by atoms with Crippen molar-refractivity contribution in [3.05, 3.63) is 53.2 Å². The number of benzene rings is 1. The van der Waals surface area contributed by atoms with Crippen molar-refractivity contribution in [3.63, 3.8) is 0 Å². The molecule has 4 heterocycles. The van der Waals surface area contributed by atoms with Crippen molar-refractivity contribution in [1.82, 2.24) is 14.5 Å². The number of halogens is 2. The fraction of sp³-hybridized carbons (Fsp3) is 0.478. The number of hydrogen-bond acceptors (Lipinski definition) is 8. The van der Waals surface area contributed by atoms with E-state index in [1.807, 2.05) is 37.3 Å². The highest BCUT2D eigenvalue weighted by Gasteiger charge is 2.56. The lowest BCUT2D eigenvalue weighted by atomic mass is 10.1. The van der Waals surface area contributed by atoms with Crippen LogP contribution in [0.3, 0.4) is 0 Å². The number of aromatic nitrogens is 3. The average Bonchev–Trinajstić information content (AvgIpc) is 3.42. The second kappa shape index (κ2) is 9.87. The Labute approximate surface area is 217 Å². The summed E-state index contributed by atoms with van der Waals surface area (Å²) in [5, 5.41) is 3.26. The summed E-state index contributed by atoms with van der Waals surface area (Å²) in [4.78, 5) is 26.7. The number of anilines is 1. The minimum Gasteiger partial charge on any atom is -0.366 e. The van der Waals surface area contributed by atoms with Crippen LogP contribution in [0.25, 0.3) is 11.0 Å². The molecule has 11 nitrogen and oxygen atoms in total. The average molecular weight is 557 g/mol. The number of fused-ring (bicyclic) bond motifs is 2. The van der Waals surface area contributed by atoms with Crippen LogP contribution >= 0.6 is 19.2 Å². The second-order valence-electron chi connectivity index (χ2n) is 9.50. The topological polar surface area (TPSA) is 137 Å². The standard InChI is InChI=1S/C23H27ClFN4O7P/c1-12(13-7-5-4-6-8-13)26-19-16-14(25)9-29(20(16)28-22(24)27-19)21-18-17(35-23(2,3)36-18)15(34-21)10-33-11-37(30,31)32/h4-9,12,15,17-18,21H,10-11H2,1-3H3,(H,26,27,28)(H2,30,31,32)/t12?,15-,17-,18-,21-/m1/s1. The normalized spacial score (nSPS) is 25.9. The number of hydrogen-bond donors (Lipinski definition) is 3. The molecule has 2 aliphatic heterocycles. The maximum Gasteiger partial charge on any atom is 0.350 e. The highest BCUT2D eigenvalue weighted by Crippen LogP contribution is 2.45. The Kier molecular flexibility index (Phi) is 7.05. The predicted molar refractivity (Wildman–Crippen MR) is 132 cm³/mol. The maximum absolute atomic E-state index is 15.4. The first-order chi connectivity index (χ1) is 17.4. The summed E-state index contributed by atoms with van der Waals surface area (Å²) >= 11 is 6.25. The molecular weight excluding hydrogens is 530 g/mol. The van der Waals surface area contributed by atoms with Gasteiger partial charge < -0.3 is 38.6 Å². The van der Waals surface area contributed by atoms with Gasteiger partial charge in [-0.2, -0.15) is 9.97 Å². The zero-order valence-corrected chi connectivity index (χ0v) is 21.9. The number of nitrogens with one attached hydrogen (secondary N) is 1. The highest BCUT2D eigenvalue weighted by atomic mass is 35.5. The minimum absolute atomic E-state index is 0.0883. The Hall–Kier alpha value is -2.15. The van der Waals surface area contributed by atoms with E-state index in [1.54, 1.807) is 13.8 Å². The van der Waals surface area contributed by atoms with Crippen molar-refractivity contribution in [3.8, 4) is 0 Å². The van der Waals surface area contributed by atoms with Crippen LogP contribution in [-0.4, -0.2) is 61.4 Å². The first-order valence-electron chi connectivity index (χ1n) is 11.6. The molecule has 1 unspecified atom stereocenters. The fourth-order valence-corrected chi connectivity index (χ4v) is 5.22. The Morgan fingerprint density at radius 2 is 1.95 bits per heavy atom. The molecule has 0 saturated carbocycles. The molecule has 3 aromatic rings. The van der Waals surface area contributed by atoms with E-state index < -0.39 is 50.1 Å². The monoisotopic (exact) mass is 556 g/mol. The van der Waals surface area contributed by atoms with Gasteiger partial charge in [0.25, 0.3) is 0 Å². The largest absolute Gasteiger partial charge is 0.366 e. The molecule has 2 aromatic heterocycles. The molecule has 5 rings (SSSR count). The Morgan fingerprint density at radius 3 is 2.65 bits per heavy atom. The van der Waals surface area contributed by atoms with E-state index in [9.17, 15) is 4.57 Å². The highest BCUT2D eigenvalue weighted by molar-refractivity contribution is 7.51. The molecule has 5 atom stereocenters. The number of rotatable bonds is 8. The molecule has 14 heteroatoms. The second-order valence-corrected chi connectivity index (χ2v) is 11.4. The van der Waals surface area contributed by atoms with E-state index >= 15 is 4.39 Å². The zero-order chi connectivity index (χ0) is 26.5. The smallest absolute Gasteiger partial charge is 0.350 e. The van der Waals surface area contributed by atoms with E-state index in [2.05, 4.69) is 15.3 Å². The van der Waals surface area contributed by atoms with Crippen molar-refractivity contribution in [2.45, 2.75) is 57.1 Å². The third-order valence-electron chi connectivity index (χ3n) is 6.19. The van der Waals surface area contributed by atoms with Crippen LogP contribution in [-0.2, 0) is 23.5 Å². The molecule has 37 heavy (non-hydrogen) atoms. The number of nitrogens with zero attached hydrogens (tertiary/aromatic N) is 3. The molecule has 2 fully saturated rings. The molecule has 2 aliphatic rings. The molecule has 0 spiro atoms. The van der Waals surface area contributed by atoms with Crippen molar-refractivity contribution in [2.75, 3.05) is 18.3 Å². The lowest BCUT2D eigenvalue weighted by Crippen LogP contribution is -2.33. The van der Waals surface area contributed by atoms with E-state index in [0.717, 1.165) is 5.56 Å². The SMILES string of the molecule is CC(Nc1nc(Cl)nc2c1c(F)cn2[C@@H]1O[C@H](COCP(=O)(O)O)[C@H]2OC(C)(C)O[C@H]21)c1ccccc1. The van der Waals surface area contributed by atoms with Crippen molar-refractivity contribution in [1.29, 1.82) is 0 Å².